The second-order valence-electron chi connectivity index (χ2n) is 7.11. The van der Waals surface area contributed by atoms with Crippen LogP contribution in [0, 0.1) is 12.8 Å². The number of anilines is 1. The van der Waals surface area contributed by atoms with Crippen LogP contribution in [-0.2, 0) is 24.3 Å². The summed E-state index contributed by atoms with van der Waals surface area (Å²) in [5.41, 5.74) is 0.523. The third kappa shape index (κ3) is 5.25. The monoisotopic (exact) mass is 435 g/mol. The molecule has 3 rings (SSSR count). The van der Waals surface area contributed by atoms with Gasteiger partial charge < -0.3 is 14.6 Å². The molecule has 1 unspecified atom stereocenters. The number of esters is 1. The molecule has 1 aliphatic rings. The third-order valence-corrected chi connectivity index (χ3v) is 6.88. The van der Waals surface area contributed by atoms with Gasteiger partial charge in [0, 0.05) is 24.7 Å². The van der Waals surface area contributed by atoms with Gasteiger partial charge in [-0.15, -0.1) is 0 Å². The molecule has 1 amide bonds. The van der Waals surface area contributed by atoms with Crippen LogP contribution in [0.4, 0.5) is 5.82 Å². The molecule has 0 aliphatic carbocycles. The van der Waals surface area contributed by atoms with E-state index in [-0.39, 0.29) is 24.7 Å². The lowest BCUT2D eigenvalue weighted by Crippen LogP contribution is -2.41. The Morgan fingerprint density at radius 2 is 1.93 bits per heavy atom. The van der Waals surface area contributed by atoms with Gasteiger partial charge in [0.15, 0.2) is 5.82 Å². The van der Waals surface area contributed by atoms with E-state index in [0.29, 0.717) is 24.2 Å². The summed E-state index contributed by atoms with van der Waals surface area (Å²) in [6.45, 7) is 3.81. The molecule has 2 heterocycles. The number of hydrogen-bond donors (Lipinski definition) is 1. The molecule has 0 radical (unpaired) electrons. The number of benzene rings is 1. The molecule has 1 atom stereocenters. The van der Waals surface area contributed by atoms with Gasteiger partial charge in [-0.1, -0.05) is 35.5 Å². The Morgan fingerprint density at radius 1 is 1.27 bits per heavy atom. The molecule has 0 spiro atoms. The van der Waals surface area contributed by atoms with Crippen LogP contribution in [0.5, 0.6) is 0 Å². The van der Waals surface area contributed by atoms with E-state index in [4.69, 9.17) is 9.26 Å². The summed E-state index contributed by atoms with van der Waals surface area (Å²) in [7, 11) is -3.28. The maximum atomic E-state index is 12.8. The van der Waals surface area contributed by atoms with Crippen LogP contribution in [0.3, 0.4) is 0 Å². The fourth-order valence-corrected chi connectivity index (χ4v) is 4.41. The molecule has 0 saturated carbocycles. The molecule has 9 nitrogen and oxygen atoms in total. The van der Waals surface area contributed by atoms with Crippen molar-refractivity contribution in [1.82, 2.24) is 9.46 Å². The molecule has 1 aliphatic heterocycles. The summed E-state index contributed by atoms with van der Waals surface area (Å²) in [5, 5.41) is 6.33. The molecular formula is C20H25N3O6S. The zero-order valence-corrected chi connectivity index (χ0v) is 17.7. The number of nitrogens with zero attached hydrogens (tertiary/aromatic N) is 2. The molecule has 2 aromatic rings. The topological polar surface area (TPSA) is 119 Å². The van der Waals surface area contributed by atoms with Gasteiger partial charge >= 0.3 is 5.97 Å². The summed E-state index contributed by atoms with van der Waals surface area (Å²) in [5.74, 6) is -0.751. The summed E-state index contributed by atoms with van der Waals surface area (Å²) >= 11 is 0. The first-order valence-electron chi connectivity index (χ1n) is 9.77. The number of sulfonamides is 1. The zero-order chi connectivity index (χ0) is 21.7. The fraction of sp³-hybridized carbons (Fsp3) is 0.450. The van der Waals surface area contributed by atoms with Crippen molar-refractivity contribution in [3.8, 4) is 0 Å². The SMILES string of the molecule is CCS(=O)(=O)N1CCC(C(=O)OC(C(=O)Nc2cc(C)on2)c2ccccc2)CC1. The lowest BCUT2D eigenvalue weighted by atomic mass is 9.98. The normalized spacial score (nSPS) is 16.7. The van der Waals surface area contributed by atoms with Gasteiger partial charge in [0.1, 0.15) is 5.76 Å². The number of piperidine rings is 1. The number of amides is 1. The largest absolute Gasteiger partial charge is 0.447 e. The Labute approximate surface area is 175 Å². The average molecular weight is 436 g/mol. The molecule has 1 fully saturated rings. The van der Waals surface area contributed by atoms with Gasteiger partial charge in [-0.05, 0) is 26.7 Å². The summed E-state index contributed by atoms with van der Waals surface area (Å²) in [6, 6.07) is 10.2. The number of aryl methyl sites for hydroxylation is 1. The van der Waals surface area contributed by atoms with Crippen molar-refractivity contribution in [2.45, 2.75) is 32.8 Å². The van der Waals surface area contributed by atoms with Gasteiger partial charge in [0.25, 0.3) is 5.91 Å². The van der Waals surface area contributed by atoms with Crippen molar-refractivity contribution < 1.29 is 27.3 Å². The van der Waals surface area contributed by atoms with Crippen LogP contribution in [0.2, 0.25) is 0 Å². The number of nitrogens with one attached hydrogen (secondary N) is 1. The summed E-state index contributed by atoms with van der Waals surface area (Å²) in [4.78, 5) is 25.6. The zero-order valence-electron chi connectivity index (χ0n) is 16.9. The standard InChI is InChI=1S/C20H25N3O6S/c1-3-30(26,27)23-11-9-16(10-12-23)20(25)28-18(15-7-5-4-6-8-15)19(24)21-17-13-14(2)29-22-17/h4-8,13,16,18H,3,9-12H2,1-2H3,(H,21,22,24). The van der Waals surface area contributed by atoms with E-state index in [2.05, 4.69) is 10.5 Å². The minimum absolute atomic E-state index is 0.0277. The van der Waals surface area contributed by atoms with Gasteiger partial charge in [-0.2, -0.15) is 0 Å². The third-order valence-electron chi connectivity index (χ3n) is 5.00. The van der Waals surface area contributed by atoms with E-state index < -0.39 is 33.9 Å². The Morgan fingerprint density at radius 3 is 2.50 bits per heavy atom. The minimum atomic E-state index is -3.28. The van der Waals surface area contributed by atoms with E-state index in [1.807, 2.05) is 0 Å². The van der Waals surface area contributed by atoms with E-state index in [9.17, 15) is 18.0 Å². The number of aromatic nitrogens is 1. The Hall–Kier alpha value is -2.72. The van der Waals surface area contributed by atoms with Crippen molar-refractivity contribution >= 4 is 27.7 Å². The fourth-order valence-electron chi connectivity index (χ4n) is 3.28. The second kappa shape index (κ2) is 9.40. The van der Waals surface area contributed by atoms with Gasteiger partial charge in [0.05, 0.1) is 11.7 Å². The molecule has 30 heavy (non-hydrogen) atoms. The van der Waals surface area contributed by atoms with Crippen LogP contribution in [0.25, 0.3) is 0 Å². The molecule has 1 N–H and O–H groups in total. The van der Waals surface area contributed by atoms with Crippen LogP contribution < -0.4 is 5.32 Å². The number of hydrogen-bond acceptors (Lipinski definition) is 7. The van der Waals surface area contributed by atoms with Gasteiger partial charge in [0.2, 0.25) is 16.1 Å². The van der Waals surface area contributed by atoms with Crippen molar-refractivity contribution in [3.05, 3.63) is 47.7 Å². The maximum absolute atomic E-state index is 12.8. The van der Waals surface area contributed by atoms with Gasteiger partial charge in [-0.25, -0.2) is 12.7 Å². The van der Waals surface area contributed by atoms with Crippen LogP contribution in [-0.4, -0.2) is 48.6 Å². The molecule has 1 aromatic heterocycles. The highest BCUT2D eigenvalue weighted by atomic mass is 32.2. The molecule has 0 bridgehead atoms. The molecule has 1 saturated heterocycles. The second-order valence-corrected chi connectivity index (χ2v) is 9.37. The van der Waals surface area contributed by atoms with Crippen molar-refractivity contribution in [3.63, 3.8) is 0 Å². The predicted octanol–water partition coefficient (Wildman–Crippen LogP) is 2.27. The quantitative estimate of drug-likeness (QED) is 0.663. The van der Waals surface area contributed by atoms with E-state index in [0.717, 1.165) is 0 Å². The number of ether oxygens (including phenoxy) is 1. The lowest BCUT2D eigenvalue weighted by molar-refractivity contribution is -0.160. The highest BCUT2D eigenvalue weighted by Crippen LogP contribution is 2.26. The van der Waals surface area contributed by atoms with Crippen LogP contribution in [0.1, 0.15) is 37.2 Å². The number of carbonyl (C=O) groups excluding carboxylic acids is 2. The predicted molar refractivity (Wildman–Crippen MR) is 109 cm³/mol. The van der Waals surface area contributed by atoms with Crippen LogP contribution >= 0.6 is 0 Å². The smallest absolute Gasteiger partial charge is 0.310 e. The first-order chi connectivity index (χ1) is 14.3. The van der Waals surface area contributed by atoms with E-state index in [1.165, 1.54) is 4.31 Å². The van der Waals surface area contributed by atoms with E-state index >= 15 is 0 Å². The van der Waals surface area contributed by atoms with Crippen molar-refractivity contribution in [2.24, 2.45) is 5.92 Å². The first kappa shape index (κ1) is 22.0. The minimum Gasteiger partial charge on any atom is -0.447 e. The Balaban J connectivity index is 1.69. The number of carbonyl (C=O) groups is 2. The Kier molecular flexibility index (Phi) is 6.88. The first-order valence-corrected chi connectivity index (χ1v) is 11.4. The molecule has 10 heteroatoms. The van der Waals surface area contributed by atoms with Crippen LogP contribution in [0.15, 0.2) is 40.9 Å². The number of rotatable bonds is 7. The van der Waals surface area contributed by atoms with E-state index in [1.54, 1.807) is 50.2 Å². The van der Waals surface area contributed by atoms with Gasteiger partial charge in [-0.3, -0.25) is 9.59 Å². The summed E-state index contributed by atoms with van der Waals surface area (Å²) in [6.07, 6.45) is -0.457. The highest BCUT2D eigenvalue weighted by molar-refractivity contribution is 7.89. The molecule has 162 valence electrons. The molecule has 1 aromatic carbocycles. The highest BCUT2D eigenvalue weighted by Gasteiger charge is 2.34. The van der Waals surface area contributed by atoms with Crippen molar-refractivity contribution in [2.75, 3.05) is 24.2 Å². The average Bonchev–Trinajstić information content (AvgIpc) is 3.16. The van der Waals surface area contributed by atoms with Crippen molar-refractivity contribution in [1.29, 1.82) is 0 Å². The molecular weight excluding hydrogens is 410 g/mol. The lowest BCUT2D eigenvalue weighted by Gasteiger charge is -2.30. The Bertz CT molecular complexity index is 981. The maximum Gasteiger partial charge on any atom is 0.310 e. The summed E-state index contributed by atoms with van der Waals surface area (Å²) < 4.78 is 35.9.